The highest BCUT2D eigenvalue weighted by molar-refractivity contribution is 5.92. The Kier molecular flexibility index (Phi) is 8.11. The van der Waals surface area contributed by atoms with Crippen molar-refractivity contribution < 1.29 is 9.59 Å². The molecule has 0 bridgehead atoms. The average Bonchev–Trinajstić information content (AvgIpc) is 3.62. The number of benzene rings is 1. The maximum absolute atomic E-state index is 12.7. The van der Waals surface area contributed by atoms with Gasteiger partial charge in [0.2, 0.25) is 5.82 Å². The first-order valence-corrected chi connectivity index (χ1v) is 12.3. The Bertz CT molecular complexity index is 1320. The fourth-order valence-electron chi connectivity index (χ4n) is 3.96. The Hall–Kier alpha value is -4.28. The Morgan fingerprint density at radius 2 is 1.92 bits per heavy atom. The first-order valence-electron chi connectivity index (χ1n) is 12.3. The van der Waals surface area contributed by atoms with E-state index in [4.69, 9.17) is 5.10 Å². The molecule has 1 amide bonds. The molecule has 0 fully saturated rings. The Labute approximate surface area is 216 Å². The van der Waals surface area contributed by atoms with Crippen LogP contribution in [0.3, 0.4) is 0 Å². The lowest BCUT2D eigenvalue weighted by molar-refractivity contribution is -0.109. The third-order valence-corrected chi connectivity index (χ3v) is 5.76. The van der Waals surface area contributed by atoms with Crippen LogP contribution < -0.4 is 10.2 Å². The van der Waals surface area contributed by atoms with Crippen LogP contribution in [0.25, 0.3) is 11.3 Å². The third-order valence-electron chi connectivity index (χ3n) is 5.76. The number of aromatic nitrogens is 7. The van der Waals surface area contributed by atoms with Gasteiger partial charge >= 0.3 is 0 Å². The highest BCUT2D eigenvalue weighted by atomic mass is 16.2. The van der Waals surface area contributed by atoms with Gasteiger partial charge in [0.15, 0.2) is 0 Å². The molecule has 0 spiro atoms. The van der Waals surface area contributed by atoms with E-state index < -0.39 is 11.9 Å². The SMILES string of the molecule is CC(C)Cn1cc(-c2cc(N(C)C)n(CCC(C=O)NC(=O)c3ncn(Cc4ccccc4)n3)n2)cn1. The Balaban J connectivity index is 1.39. The number of hydrogen-bond donors (Lipinski definition) is 1. The van der Waals surface area contributed by atoms with Crippen LogP contribution in [-0.4, -0.2) is 66.7 Å². The largest absolute Gasteiger partial charge is 0.363 e. The van der Waals surface area contributed by atoms with Gasteiger partial charge in [-0.25, -0.2) is 14.3 Å². The second-order valence-electron chi connectivity index (χ2n) is 9.61. The monoisotopic (exact) mass is 503 g/mol. The second kappa shape index (κ2) is 11.6. The molecule has 0 saturated carbocycles. The van der Waals surface area contributed by atoms with E-state index >= 15 is 0 Å². The van der Waals surface area contributed by atoms with Crippen molar-refractivity contribution in [3.8, 4) is 11.3 Å². The number of nitrogens with one attached hydrogen (secondary N) is 1. The van der Waals surface area contributed by atoms with Crippen molar-refractivity contribution >= 4 is 18.0 Å². The maximum atomic E-state index is 12.7. The maximum Gasteiger partial charge on any atom is 0.291 e. The number of nitrogens with zero attached hydrogens (tertiary/aromatic N) is 8. The van der Waals surface area contributed by atoms with Gasteiger partial charge in [0.25, 0.3) is 5.91 Å². The second-order valence-corrected chi connectivity index (χ2v) is 9.61. The molecule has 0 aliphatic rings. The first-order chi connectivity index (χ1) is 17.8. The lowest BCUT2D eigenvalue weighted by atomic mass is 10.2. The number of hydrogen-bond acceptors (Lipinski definition) is 7. The molecule has 3 heterocycles. The highest BCUT2D eigenvalue weighted by Crippen LogP contribution is 2.24. The van der Waals surface area contributed by atoms with E-state index in [-0.39, 0.29) is 5.82 Å². The van der Waals surface area contributed by atoms with Crippen LogP contribution >= 0.6 is 0 Å². The minimum atomic E-state index is -0.704. The van der Waals surface area contributed by atoms with Gasteiger partial charge in [0, 0.05) is 45.0 Å². The number of aryl methyl sites for hydroxylation is 1. The summed E-state index contributed by atoms with van der Waals surface area (Å²) in [7, 11) is 3.88. The van der Waals surface area contributed by atoms with Crippen LogP contribution in [0.5, 0.6) is 0 Å². The van der Waals surface area contributed by atoms with Crippen molar-refractivity contribution in [1.82, 2.24) is 39.6 Å². The van der Waals surface area contributed by atoms with Crippen LogP contribution in [-0.2, 0) is 24.4 Å². The molecule has 0 radical (unpaired) electrons. The zero-order chi connectivity index (χ0) is 26.4. The summed E-state index contributed by atoms with van der Waals surface area (Å²) in [4.78, 5) is 30.5. The summed E-state index contributed by atoms with van der Waals surface area (Å²) in [6, 6.07) is 11.1. The van der Waals surface area contributed by atoms with E-state index in [9.17, 15) is 9.59 Å². The van der Waals surface area contributed by atoms with Gasteiger partial charge in [-0.15, -0.1) is 5.10 Å². The summed E-state index contributed by atoms with van der Waals surface area (Å²) < 4.78 is 5.35. The predicted molar refractivity (Wildman–Crippen MR) is 140 cm³/mol. The molecule has 3 aromatic heterocycles. The van der Waals surface area contributed by atoms with Crippen molar-refractivity contribution in [2.45, 2.75) is 45.9 Å². The van der Waals surface area contributed by atoms with Gasteiger partial charge in [-0.3, -0.25) is 9.48 Å². The van der Waals surface area contributed by atoms with Gasteiger partial charge in [0.05, 0.1) is 24.5 Å². The normalized spacial score (nSPS) is 12.0. The van der Waals surface area contributed by atoms with Crippen molar-refractivity contribution in [2.75, 3.05) is 19.0 Å². The van der Waals surface area contributed by atoms with Gasteiger partial charge in [-0.1, -0.05) is 44.2 Å². The molecule has 0 aliphatic carbocycles. The van der Waals surface area contributed by atoms with Crippen LogP contribution in [0.4, 0.5) is 5.82 Å². The zero-order valence-corrected chi connectivity index (χ0v) is 21.7. The summed E-state index contributed by atoms with van der Waals surface area (Å²) in [6.07, 6.45) is 6.41. The van der Waals surface area contributed by atoms with E-state index in [1.165, 1.54) is 6.33 Å². The molecule has 1 aromatic carbocycles. The van der Waals surface area contributed by atoms with Gasteiger partial charge < -0.3 is 15.0 Å². The topological polar surface area (TPSA) is 116 Å². The fraction of sp³-hybridized carbons (Fsp3) is 0.385. The zero-order valence-electron chi connectivity index (χ0n) is 21.7. The summed E-state index contributed by atoms with van der Waals surface area (Å²) in [5, 5.41) is 16.2. The number of amides is 1. The van der Waals surface area contributed by atoms with E-state index in [1.54, 1.807) is 4.68 Å². The third kappa shape index (κ3) is 6.69. The van der Waals surface area contributed by atoms with Crippen molar-refractivity contribution in [3.05, 3.63) is 66.5 Å². The highest BCUT2D eigenvalue weighted by Gasteiger charge is 2.19. The number of aldehydes is 1. The van der Waals surface area contributed by atoms with E-state index in [2.05, 4.69) is 34.3 Å². The number of carbonyl (C=O) groups is 2. The van der Waals surface area contributed by atoms with Crippen LogP contribution in [0.15, 0.2) is 55.1 Å². The van der Waals surface area contributed by atoms with Gasteiger partial charge in [-0.2, -0.15) is 10.2 Å². The van der Waals surface area contributed by atoms with Gasteiger partial charge in [-0.05, 0) is 17.9 Å². The summed E-state index contributed by atoms with van der Waals surface area (Å²) in [5.41, 5.74) is 2.78. The molecule has 11 heteroatoms. The molecular weight excluding hydrogens is 470 g/mol. The molecular formula is C26H33N9O2. The van der Waals surface area contributed by atoms with Crippen molar-refractivity contribution in [1.29, 1.82) is 0 Å². The summed E-state index contributed by atoms with van der Waals surface area (Å²) in [6.45, 7) is 6.07. The van der Waals surface area contributed by atoms with E-state index in [1.807, 2.05) is 77.2 Å². The van der Waals surface area contributed by atoms with Gasteiger partial charge in [0.1, 0.15) is 18.4 Å². The molecule has 11 nitrogen and oxygen atoms in total. The van der Waals surface area contributed by atoms with Crippen molar-refractivity contribution in [2.24, 2.45) is 5.92 Å². The molecule has 1 atom stereocenters. The Morgan fingerprint density at radius 3 is 2.62 bits per heavy atom. The van der Waals surface area contributed by atoms with Crippen LogP contribution in [0, 0.1) is 5.92 Å². The van der Waals surface area contributed by atoms with Crippen LogP contribution in [0.2, 0.25) is 0 Å². The quantitative estimate of drug-likeness (QED) is 0.295. The predicted octanol–water partition coefficient (Wildman–Crippen LogP) is 2.50. The summed E-state index contributed by atoms with van der Waals surface area (Å²) in [5.74, 6) is 0.918. The number of carbonyl (C=O) groups excluding carboxylic acids is 2. The molecule has 4 aromatic rings. The Morgan fingerprint density at radius 1 is 1.14 bits per heavy atom. The lowest BCUT2D eigenvalue weighted by Crippen LogP contribution is -2.37. The molecule has 1 unspecified atom stereocenters. The van der Waals surface area contributed by atoms with Crippen molar-refractivity contribution in [3.63, 3.8) is 0 Å². The smallest absolute Gasteiger partial charge is 0.291 e. The van der Waals surface area contributed by atoms with Crippen LogP contribution in [0.1, 0.15) is 36.5 Å². The molecule has 0 saturated heterocycles. The number of anilines is 1. The minimum Gasteiger partial charge on any atom is -0.363 e. The average molecular weight is 504 g/mol. The standard InChI is InChI=1S/C26H33N9O2/c1-19(2)14-33-16-21(13-28-33)23-12-24(32(3)4)35(30-23)11-10-22(17-36)29-26(37)25-27-18-34(31-25)15-20-8-6-5-7-9-20/h5-9,12-13,16-19,22H,10-11,14-15H2,1-4H3,(H,29,37). The molecule has 4 rings (SSSR count). The molecule has 0 aliphatic heterocycles. The fourth-order valence-corrected chi connectivity index (χ4v) is 3.96. The molecule has 194 valence electrons. The van der Waals surface area contributed by atoms with E-state index in [0.717, 1.165) is 35.5 Å². The minimum absolute atomic E-state index is 0.0246. The molecule has 1 N–H and O–H groups in total. The number of rotatable bonds is 12. The van der Waals surface area contributed by atoms with E-state index in [0.29, 0.717) is 25.4 Å². The molecule has 37 heavy (non-hydrogen) atoms. The first kappa shape index (κ1) is 25.8. The lowest BCUT2D eigenvalue weighted by Gasteiger charge is -2.16. The summed E-state index contributed by atoms with van der Waals surface area (Å²) >= 11 is 0.